The molecule has 1 aromatic carbocycles. The molecule has 0 aromatic heterocycles. The molecule has 0 spiro atoms. The first-order valence-electron chi connectivity index (χ1n) is 6.36. The molecule has 5 heteroatoms. The highest BCUT2D eigenvalue weighted by Crippen LogP contribution is 2.29. The third-order valence-electron chi connectivity index (χ3n) is 3.32. The Morgan fingerprint density at radius 1 is 1.45 bits per heavy atom. The van der Waals surface area contributed by atoms with E-state index in [0.717, 1.165) is 15.0 Å². The number of ketones is 1. The Kier molecular flexibility index (Phi) is 4.80. The molecule has 0 fully saturated rings. The van der Waals surface area contributed by atoms with Crippen LogP contribution in [0.25, 0.3) is 0 Å². The molecule has 0 saturated carbocycles. The zero-order valence-electron chi connectivity index (χ0n) is 11.4. The molecule has 20 heavy (non-hydrogen) atoms. The SMILES string of the molecule is COC(=O)[C@@H]1C(=O)C=C(Nc2cccc(I)c2)C[C@H]1C. The average molecular weight is 385 g/mol. The summed E-state index contributed by atoms with van der Waals surface area (Å²) in [5, 5.41) is 3.24. The maximum Gasteiger partial charge on any atom is 0.316 e. The van der Waals surface area contributed by atoms with E-state index in [1.807, 2.05) is 31.2 Å². The smallest absolute Gasteiger partial charge is 0.316 e. The van der Waals surface area contributed by atoms with E-state index < -0.39 is 11.9 Å². The highest BCUT2D eigenvalue weighted by atomic mass is 127. The number of anilines is 1. The van der Waals surface area contributed by atoms with Crippen molar-refractivity contribution in [2.75, 3.05) is 12.4 Å². The first-order valence-corrected chi connectivity index (χ1v) is 7.44. The van der Waals surface area contributed by atoms with Crippen molar-refractivity contribution in [3.63, 3.8) is 0 Å². The second-order valence-electron chi connectivity index (χ2n) is 4.89. The summed E-state index contributed by atoms with van der Waals surface area (Å²) in [4.78, 5) is 23.7. The molecule has 2 atom stereocenters. The van der Waals surface area contributed by atoms with E-state index >= 15 is 0 Å². The molecule has 0 unspecified atom stereocenters. The highest BCUT2D eigenvalue weighted by molar-refractivity contribution is 14.1. The van der Waals surface area contributed by atoms with Crippen LogP contribution < -0.4 is 5.32 Å². The number of methoxy groups -OCH3 is 1. The number of carbonyl (C=O) groups is 2. The predicted octanol–water partition coefficient (Wildman–Crippen LogP) is 2.99. The first kappa shape index (κ1) is 15.0. The quantitative estimate of drug-likeness (QED) is 0.494. The van der Waals surface area contributed by atoms with Crippen molar-refractivity contribution in [1.82, 2.24) is 0 Å². The van der Waals surface area contributed by atoms with Gasteiger partial charge in [-0.2, -0.15) is 0 Å². The largest absolute Gasteiger partial charge is 0.468 e. The number of allylic oxidation sites excluding steroid dienone is 2. The van der Waals surface area contributed by atoms with Crippen LogP contribution in [-0.2, 0) is 14.3 Å². The molecule has 106 valence electrons. The Morgan fingerprint density at radius 3 is 2.80 bits per heavy atom. The molecule has 4 nitrogen and oxygen atoms in total. The molecule has 0 bridgehead atoms. The van der Waals surface area contributed by atoms with Gasteiger partial charge in [-0.1, -0.05) is 13.0 Å². The Morgan fingerprint density at radius 2 is 2.20 bits per heavy atom. The molecular formula is C15H16INO3. The molecule has 2 rings (SSSR count). The summed E-state index contributed by atoms with van der Waals surface area (Å²) in [6.07, 6.45) is 2.17. The highest BCUT2D eigenvalue weighted by Gasteiger charge is 2.35. The fourth-order valence-electron chi connectivity index (χ4n) is 2.38. The van der Waals surface area contributed by atoms with Crippen molar-refractivity contribution in [1.29, 1.82) is 0 Å². The number of nitrogens with one attached hydrogen (secondary N) is 1. The maximum absolute atomic E-state index is 12.1. The zero-order valence-corrected chi connectivity index (χ0v) is 13.5. The molecule has 0 radical (unpaired) electrons. The van der Waals surface area contributed by atoms with Crippen molar-refractivity contribution in [3.05, 3.63) is 39.6 Å². The van der Waals surface area contributed by atoms with Crippen LogP contribution in [-0.4, -0.2) is 18.9 Å². The molecule has 0 heterocycles. The van der Waals surface area contributed by atoms with E-state index in [2.05, 4.69) is 32.6 Å². The number of carbonyl (C=O) groups excluding carboxylic acids is 2. The van der Waals surface area contributed by atoms with Gasteiger partial charge in [0.05, 0.1) is 7.11 Å². The van der Waals surface area contributed by atoms with E-state index in [9.17, 15) is 9.59 Å². The topological polar surface area (TPSA) is 55.4 Å². The number of rotatable bonds is 3. The monoisotopic (exact) mass is 385 g/mol. The Labute approximate surface area is 131 Å². The summed E-state index contributed by atoms with van der Waals surface area (Å²) in [6.45, 7) is 1.89. The number of hydrogen-bond donors (Lipinski definition) is 1. The van der Waals surface area contributed by atoms with Gasteiger partial charge >= 0.3 is 5.97 Å². The minimum atomic E-state index is -0.679. The van der Waals surface area contributed by atoms with E-state index in [1.165, 1.54) is 13.2 Å². The van der Waals surface area contributed by atoms with E-state index in [0.29, 0.717) is 6.42 Å². The molecule has 0 saturated heterocycles. The van der Waals surface area contributed by atoms with E-state index in [1.54, 1.807) is 0 Å². The van der Waals surface area contributed by atoms with Crippen molar-refractivity contribution >= 4 is 40.0 Å². The molecule has 1 N–H and O–H groups in total. The lowest BCUT2D eigenvalue weighted by atomic mass is 9.82. The summed E-state index contributed by atoms with van der Waals surface area (Å²) in [5.41, 5.74) is 1.78. The van der Waals surface area contributed by atoms with E-state index in [4.69, 9.17) is 0 Å². The Bertz CT molecular complexity index is 568. The Balaban J connectivity index is 2.15. The summed E-state index contributed by atoms with van der Waals surface area (Å²) in [7, 11) is 1.31. The molecule has 0 amide bonds. The van der Waals surface area contributed by atoms with Gasteiger partial charge in [-0.3, -0.25) is 9.59 Å². The minimum Gasteiger partial charge on any atom is -0.468 e. The van der Waals surface area contributed by atoms with Crippen molar-refractivity contribution in [3.8, 4) is 0 Å². The fourth-order valence-corrected chi connectivity index (χ4v) is 2.92. The van der Waals surface area contributed by atoms with Gasteiger partial charge in [-0.25, -0.2) is 0 Å². The van der Waals surface area contributed by atoms with Crippen molar-refractivity contribution in [2.24, 2.45) is 11.8 Å². The molecule has 1 aromatic rings. The van der Waals surface area contributed by atoms with Gasteiger partial charge < -0.3 is 10.1 Å². The fraction of sp³-hybridized carbons (Fsp3) is 0.333. The zero-order chi connectivity index (χ0) is 14.7. The van der Waals surface area contributed by atoms with Crippen LogP contribution in [0.2, 0.25) is 0 Å². The van der Waals surface area contributed by atoms with Crippen LogP contribution in [0.4, 0.5) is 5.69 Å². The molecule has 1 aliphatic rings. The third-order valence-corrected chi connectivity index (χ3v) is 3.99. The van der Waals surface area contributed by atoms with Gasteiger partial charge in [0, 0.05) is 21.0 Å². The van der Waals surface area contributed by atoms with Crippen LogP contribution >= 0.6 is 22.6 Å². The second kappa shape index (κ2) is 6.39. The standard InChI is InChI=1S/C15H16INO3/c1-9-6-12(8-13(18)14(9)15(19)20-2)17-11-5-3-4-10(16)7-11/h3-5,7-9,14,17H,6H2,1-2H3/t9-,14+/m1/s1. The number of benzene rings is 1. The van der Waals surface area contributed by atoms with Crippen LogP contribution in [0.15, 0.2) is 36.0 Å². The van der Waals surface area contributed by atoms with Crippen LogP contribution in [0.1, 0.15) is 13.3 Å². The van der Waals surface area contributed by atoms with Crippen LogP contribution in [0.3, 0.4) is 0 Å². The molecular weight excluding hydrogens is 369 g/mol. The normalized spacial score (nSPS) is 22.1. The average Bonchev–Trinajstić information content (AvgIpc) is 2.37. The number of esters is 1. The summed E-state index contributed by atoms with van der Waals surface area (Å²) in [5.74, 6) is -1.39. The maximum atomic E-state index is 12.1. The molecule has 1 aliphatic carbocycles. The second-order valence-corrected chi connectivity index (χ2v) is 6.14. The number of halogens is 1. The lowest BCUT2D eigenvalue weighted by Crippen LogP contribution is -2.34. The first-order chi connectivity index (χ1) is 9.51. The predicted molar refractivity (Wildman–Crippen MR) is 85.2 cm³/mol. The number of hydrogen-bond acceptors (Lipinski definition) is 4. The molecule has 0 aliphatic heterocycles. The van der Waals surface area contributed by atoms with Gasteiger partial charge in [0.25, 0.3) is 0 Å². The van der Waals surface area contributed by atoms with Crippen molar-refractivity contribution in [2.45, 2.75) is 13.3 Å². The summed E-state index contributed by atoms with van der Waals surface area (Å²) >= 11 is 2.24. The van der Waals surface area contributed by atoms with Gasteiger partial charge in [-0.05, 0) is 53.1 Å². The lowest BCUT2D eigenvalue weighted by molar-refractivity contribution is -0.150. The third kappa shape index (κ3) is 3.39. The Hall–Kier alpha value is -1.37. The number of ether oxygens (including phenoxy) is 1. The summed E-state index contributed by atoms with van der Waals surface area (Å²) < 4.78 is 5.81. The van der Waals surface area contributed by atoms with Crippen molar-refractivity contribution < 1.29 is 14.3 Å². The van der Waals surface area contributed by atoms with Gasteiger partial charge in [0.2, 0.25) is 0 Å². The summed E-state index contributed by atoms with van der Waals surface area (Å²) in [6, 6.07) is 7.91. The van der Waals surface area contributed by atoms with Gasteiger partial charge in [0.1, 0.15) is 5.92 Å². The van der Waals surface area contributed by atoms with E-state index in [-0.39, 0.29) is 11.7 Å². The van der Waals surface area contributed by atoms with Crippen LogP contribution in [0, 0.1) is 15.4 Å². The lowest BCUT2D eigenvalue weighted by Gasteiger charge is -2.26. The van der Waals surface area contributed by atoms with Gasteiger partial charge in [-0.15, -0.1) is 0 Å². The minimum absolute atomic E-state index is 0.0646. The van der Waals surface area contributed by atoms with Crippen LogP contribution in [0.5, 0.6) is 0 Å². The van der Waals surface area contributed by atoms with Gasteiger partial charge in [0.15, 0.2) is 5.78 Å².